The standard InChI is InChI=1S/C11H11N5O4S/c1-7-3-8(16(18)19)5-9(4-7)21-11-12-13-14-15(11)6-10(17)20-2/h3-5H,6H2,1-2H3. The van der Waals surface area contributed by atoms with Crippen molar-refractivity contribution in [2.24, 2.45) is 0 Å². The van der Waals surface area contributed by atoms with Crippen LogP contribution in [0.4, 0.5) is 5.69 Å². The predicted molar refractivity (Wildman–Crippen MR) is 71.8 cm³/mol. The Morgan fingerprint density at radius 3 is 2.90 bits per heavy atom. The molecule has 0 radical (unpaired) electrons. The van der Waals surface area contributed by atoms with Crippen LogP contribution in [0.15, 0.2) is 28.3 Å². The first-order chi connectivity index (χ1) is 9.99. The largest absolute Gasteiger partial charge is 0.468 e. The Morgan fingerprint density at radius 2 is 2.24 bits per heavy atom. The third kappa shape index (κ3) is 3.75. The van der Waals surface area contributed by atoms with Crippen molar-refractivity contribution in [2.75, 3.05) is 7.11 Å². The molecule has 1 aromatic heterocycles. The lowest BCUT2D eigenvalue weighted by molar-refractivity contribution is -0.385. The molecule has 1 heterocycles. The normalized spacial score (nSPS) is 10.4. The summed E-state index contributed by atoms with van der Waals surface area (Å²) < 4.78 is 5.81. The highest BCUT2D eigenvalue weighted by Gasteiger charge is 2.14. The van der Waals surface area contributed by atoms with Crippen molar-refractivity contribution < 1.29 is 14.5 Å². The van der Waals surface area contributed by atoms with Gasteiger partial charge in [-0.1, -0.05) is 0 Å². The Kier molecular flexibility index (Phi) is 4.48. The molecule has 0 fully saturated rings. The first-order valence-electron chi connectivity index (χ1n) is 5.76. The van der Waals surface area contributed by atoms with E-state index in [9.17, 15) is 14.9 Å². The van der Waals surface area contributed by atoms with Gasteiger partial charge in [-0.15, -0.1) is 5.10 Å². The number of ether oxygens (including phenoxy) is 1. The average molecular weight is 309 g/mol. The van der Waals surface area contributed by atoms with Crippen molar-refractivity contribution in [1.29, 1.82) is 0 Å². The highest BCUT2D eigenvalue weighted by atomic mass is 32.2. The smallest absolute Gasteiger partial charge is 0.327 e. The maximum absolute atomic E-state index is 11.2. The maximum atomic E-state index is 11.2. The van der Waals surface area contributed by atoms with Crippen molar-refractivity contribution in [2.45, 2.75) is 23.5 Å². The Bertz CT molecular complexity index is 687. The van der Waals surface area contributed by atoms with Crippen LogP contribution in [0.5, 0.6) is 0 Å². The van der Waals surface area contributed by atoms with Gasteiger partial charge in [-0.05, 0) is 40.7 Å². The molecule has 2 rings (SSSR count). The van der Waals surface area contributed by atoms with Gasteiger partial charge in [-0.2, -0.15) is 0 Å². The monoisotopic (exact) mass is 309 g/mol. The number of nitro benzene ring substituents is 1. The number of carbonyl (C=O) groups is 1. The van der Waals surface area contributed by atoms with Crippen LogP contribution in [0.25, 0.3) is 0 Å². The summed E-state index contributed by atoms with van der Waals surface area (Å²) in [6, 6.07) is 4.67. The van der Waals surface area contributed by atoms with E-state index < -0.39 is 10.9 Å². The lowest BCUT2D eigenvalue weighted by atomic mass is 10.2. The summed E-state index contributed by atoms with van der Waals surface area (Å²) in [5.74, 6) is -0.487. The first-order valence-corrected chi connectivity index (χ1v) is 6.58. The van der Waals surface area contributed by atoms with Crippen LogP contribution in [0.1, 0.15) is 5.56 Å². The summed E-state index contributed by atoms with van der Waals surface area (Å²) in [5, 5.41) is 22.2. The van der Waals surface area contributed by atoms with E-state index >= 15 is 0 Å². The first kappa shape index (κ1) is 14.9. The van der Waals surface area contributed by atoms with Crippen molar-refractivity contribution in [3.05, 3.63) is 33.9 Å². The Hall–Kier alpha value is -2.49. The molecule has 0 aliphatic rings. The summed E-state index contributed by atoms with van der Waals surface area (Å²) in [6.45, 7) is 1.63. The SMILES string of the molecule is COC(=O)Cn1nnnc1Sc1cc(C)cc([N+](=O)[O-])c1. The molecule has 0 spiro atoms. The number of aryl methyl sites for hydroxylation is 1. The summed E-state index contributed by atoms with van der Waals surface area (Å²) in [5.41, 5.74) is 0.739. The number of nitrogens with zero attached hydrogens (tertiary/aromatic N) is 5. The average Bonchev–Trinajstić information content (AvgIpc) is 2.85. The van der Waals surface area contributed by atoms with E-state index in [-0.39, 0.29) is 12.2 Å². The van der Waals surface area contributed by atoms with Gasteiger partial charge in [-0.3, -0.25) is 14.9 Å². The number of non-ortho nitro benzene ring substituents is 1. The van der Waals surface area contributed by atoms with E-state index in [1.165, 1.54) is 23.9 Å². The van der Waals surface area contributed by atoms with E-state index in [2.05, 4.69) is 20.3 Å². The van der Waals surface area contributed by atoms with Crippen LogP contribution < -0.4 is 0 Å². The third-order valence-corrected chi connectivity index (χ3v) is 3.41. The minimum absolute atomic E-state index is 0.00973. The zero-order valence-electron chi connectivity index (χ0n) is 11.2. The Balaban J connectivity index is 2.24. The quantitative estimate of drug-likeness (QED) is 0.460. The number of nitro groups is 1. The van der Waals surface area contributed by atoms with Crippen molar-refractivity contribution in [3.8, 4) is 0 Å². The van der Waals surface area contributed by atoms with Gasteiger partial charge in [0.1, 0.15) is 6.54 Å². The van der Waals surface area contributed by atoms with Gasteiger partial charge in [0, 0.05) is 17.0 Å². The summed E-state index contributed by atoms with van der Waals surface area (Å²) in [4.78, 5) is 22.2. The van der Waals surface area contributed by atoms with Crippen molar-refractivity contribution in [1.82, 2.24) is 20.2 Å². The molecule has 10 heteroatoms. The van der Waals surface area contributed by atoms with Crippen molar-refractivity contribution >= 4 is 23.4 Å². The van der Waals surface area contributed by atoms with Crippen LogP contribution in [-0.4, -0.2) is 38.2 Å². The molecule has 0 unspecified atom stereocenters. The fourth-order valence-electron chi connectivity index (χ4n) is 1.55. The van der Waals surface area contributed by atoms with Gasteiger partial charge in [0.2, 0.25) is 5.16 Å². The zero-order valence-corrected chi connectivity index (χ0v) is 12.0. The van der Waals surface area contributed by atoms with Crippen molar-refractivity contribution in [3.63, 3.8) is 0 Å². The van der Waals surface area contributed by atoms with Gasteiger partial charge >= 0.3 is 5.97 Å². The fourth-order valence-corrected chi connectivity index (χ4v) is 2.47. The number of tetrazole rings is 1. The van der Waals surface area contributed by atoms with E-state index in [4.69, 9.17) is 0 Å². The van der Waals surface area contributed by atoms with Gasteiger partial charge in [0.15, 0.2) is 0 Å². The highest BCUT2D eigenvalue weighted by molar-refractivity contribution is 7.99. The third-order valence-electron chi connectivity index (χ3n) is 2.46. The van der Waals surface area contributed by atoms with Crippen LogP contribution in [0.2, 0.25) is 0 Å². The molecule has 0 atom stereocenters. The number of rotatable bonds is 5. The molecule has 9 nitrogen and oxygen atoms in total. The molecule has 0 amide bonds. The lowest BCUT2D eigenvalue weighted by Gasteiger charge is -2.04. The summed E-state index contributed by atoms with van der Waals surface area (Å²) >= 11 is 1.13. The molecule has 0 aliphatic carbocycles. The second-order valence-corrected chi connectivity index (χ2v) is 5.10. The number of hydrogen-bond acceptors (Lipinski definition) is 8. The minimum Gasteiger partial charge on any atom is -0.468 e. The number of esters is 1. The Labute approximate surface area is 123 Å². The topological polar surface area (TPSA) is 113 Å². The summed E-state index contributed by atoms with van der Waals surface area (Å²) in [7, 11) is 1.27. The van der Waals surface area contributed by atoms with Crippen LogP contribution in [-0.2, 0) is 16.1 Å². The number of aromatic nitrogens is 4. The second-order valence-electron chi connectivity index (χ2n) is 4.06. The van der Waals surface area contributed by atoms with E-state index in [1.807, 2.05) is 0 Å². The molecule has 0 bridgehead atoms. The van der Waals surface area contributed by atoms with Gasteiger partial charge in [-0.25, -0.2) is 4.68 Å². The van der Waals surface area contributed by atoms with Gasteiger partial charge in [0.25, 0.3) is 5.69 Å². The molecule has 0 N–H and O–H groups in total. The molecule has 1 aromatic carbocycles. The number of benzene rings is 1. The molecule has 0 saturated carbocycles. The fraction of sp³-hybridized carbons (Fsp3) is 0.273. The minimum atomic E-state index is -0.487. The molecule has 21 heavy (non-hydrogen) atoms. The number of hydrogen-bond donors (Lipinski definition) is 0. The van der Waals surface area contributed by atoms with Crippen LogP contribution in [0, 0.1) is 17.0 Å². The summed E-state index contributed by atoms with van der Waals surface area (Å²) in [6.07, 6.45) is 0. The molecule has 0 saturated heterocycles. The van der Waals surface area contributed by atoms with Gasteiger partial charge < -0.3 is 4.74 Å². The van der Waals surface area contributed by atoms with E-state index in [1.54, 1.807) is 13.0 Å². The van der Waals surface area contributed by atoms with E-state index in [0.717, 1.165) is 17.3 Å². The zero-order chi connectivity index (χ0) is 15.4. The van der Waals surface area contributed by atoms with E-state index in [0.29, 0.717) is 10.1 Å². The number of methoxy groups -OCH3 is 1. The molecule has 110 valence electrons. The molecule has 0 aliphatic heterocycles. The Morgan fingerprint density at radius 1 is 1.48 bits per heavy atom. The molecular formula is C11H11N5O4S. The van der Waals surface area contributed by atoms with Gasteiger partial charge in [0.05, 0.1) is 12.0 Å². The highest BCUT2D eigenvalue weighted by Crippen LogP contribution is 2.29. The molecular weight excluding hydrogens is 298 g/mol. The number of carbonyl (C=O) groups excluding carboxylic acids is 1. The second kappa shape index (κ2) is 6.31. The molecule has 2 aromatic rings. The maximum Gasteiger partial charge on any atom is 0.327 e. The van der Waals surface area contributed by atoms with Crippen LogP contribution >= 0.6 is 11.8 Å². The predicted octanol–water partition coefficient (Wildman–Crippen LogP) is 1.21. The lowest BCUT2D eigenvalue weighted by Crippen LogP contribution is -2.13. The van der Waals surface area contributed by atoms with Crippen LogP contribution in [0.3, 0.4) is 0 Å².